The number of rotatable bonds is 4. The first kappa shape index (κ1) is 14.2. The summed E-state index contributed by atoms with van der Waals surface area (Å²) in [4.78, 5) is 11.7. The van der Waals surface area contributed by atoms with Crippen LogP contribution in [0.25, 0.3) is 0 Å². The van der Waals surface area contributed by atoms with Crippen LogP contribution in [0.1, 0.15) is 20.3 Å². The summed E-state index contributed by atoms with van der Waals surface area (Å²) in [6.45, 7) is 5.02. The van der Waals surface area contributed by atoms with Gasteiger partial charge < -0.3 is 5.73 Å². The minimum Gasteiger partial charge on any atom is -0.321 e. The first-order valence-corrected chi connectivity index (χ1v) is 5.86. The molecule has 0 aliphatic carbocycles. The van der Waals surface area contributed by atoms with Gasteiger partial charge in [-0.1, -0.05) is 20.3 Å². The van der Waals surface area contributed by atoms with E-state index in [0.29, 0.717) is 0 Å². The summed E-state index contributed by atoms with van der Waals surface area (Å²) in [5.41, 5.74) is 5.85. The van der Waals surface area contributed by atoms with Crippen LogP contribution in [0.2, 0.25) is 0 Å². The first-order chi connectivity index (χ1) is 6.16. The Hall–Kier alpha value is 0.230. The van der Waals surface area contributed by atoms with Gasteiger partial charge >= 0.3 is 0 Å². The van der Waals surface area contributed by atoms with Gasteiger partial charge in [0.05, 0.1) is 6.04 Å². The summed E-state index contributed by atoms with van der Waals surface area (Å²) in [6, 6.07) is -0.298. The Balaban J connectivity index is 0.00000169. The molecular weight excluding hydrogens is 220 g/mol. The first-order valence-electron chi connectivity index (χ1n) is 4.81. The average molecular weight is 239 g/mol. The zero-order valence-electron chi connectivity index (χ0n) is 8.66. The van der Waals surface area contributed by atoms with E-state index in [1.165, 1.54) is 0 Å². The number of halogens is 1. The maximum absolute atomic E-state index is 11.7. The lowest BCUT2D eigenvalue weighted by Crippen LogP contribution is -2.45. The smallest absolute Gasteiger partial charge is 0.176 e. The largest absolute Gasteiger partial charge is 0.321 e. The van der Waals surface area contributed by atoms with Gasteiger partial charge in [-0.05, 0) is 5.92 Å². The van der Waals surface area contributed by atoms with Crippen LogP contribution in [0.3, 0.4) is 0 Å². The van der Waals surface area contributed by atoms with Crippen LogP contribution in [0.4, 0.5) is 0 Å². The van der Waals surface area contributed by atoms with Crippen molar-refractivity contribution >= 4 is 30.0 Å². The number of carbonyl (C=O) groups is 1. The monoisotopic (exact) mass is 238 g/mol. The Bertz CT molecular complexity index is 186. The van der Waals surface area contributed by atoms with Gasteiger partial charge in [0.25, 0.3) is 0 Å². The summed E-state index contributed by atoms with van der Waals surface area (Å²) in [6.07, 6.45) is 0.963. The number of nitrogens with two attached hydrogens (primary N) is 1. The molecule has 3 N–H and O–H groups in total. The molecule has 1 saturated heterocycles. The van der Waals surface area contributed by atoms with Crippen LogP contribution in [-0.2, 0) is 4.79 Å². The summed E-state index contributed by atoms with van der Waals surface area (Å²) in [5, 5.41) is 3.10. The molecule has 0 aromatic heterocycles. The highest BCUT2D eigenvalue weighted by molar-refractivity contribution is 8.00. The van der Waals surface area contributed by atoms with Crippen LogP contribution >= 0.6 is 24.2 Å². The predicted octanol–water partition coefficient (Wildman–Crippen LogP) is 1.01. The predicted molar refractivity (Wildman–Crippen MR) is 63.9 cm³/mol. The number of hydrogen-bond acceptors (Lipinski definition) is 4. The second-order valence-corrected chi connectivity index (χ2v) is 4.73. The molecule has 0 bridgehead atoms. The van der Waals surface area contributed by atoms with Gasteiger partial charge in [-0.15, -0.1) is 24.2 Å². The van der Waals surface area contributed by atoms with E-state index in [1.54, 1.807) is 11.8 Å². The summed E-state index contributed by atoms with van der Waals surface area (Å²) >= 11 is 1.67. The summed E-state index contributed by atoms with van der Waals surface area (Å²) in [7, 11) is 0. The molecule has 3 atom stereocenters. The lowest BCUT2D eigenvalue weighted by molar-refractivity contribution is -0.121. The molecule has 5 heteroatoms. The molecule has 1 heterocycles. The molecule has 14 heavy (non-hydrogen) atoms. The van der Waals surface area contributed by atoms with E-state index >= 15 is 0 Å². The molecule has 84 valence electrons. The molecule has 1 aliphatic heterocycles. The fourth-order valence-electron chi connectivity index (χ4n) is 1.32. The normalized spacial score (nSPS) is 25.2. The third kappa shape index (κ3) is 3.42. The fourth-order valence-corrected chi connectivity index (χ4v) is 2.35. The quantitative estimate of drug-likeness (QED) is 0.768. The molecule has 0 aromatic carbocycles. The van der Waals surface area contributed by atoms with Crippen LogP contribution in [-0.4, -0.2) is 29.5 Å². The maximum Gasteiger partial charge on any atom is 0.176 e. The standard InChI is InChI=1S/C9H18N2OS.ClH/c1-3-6(2)7(10)8(12)9-11-4-5-13-9;/h6-7,9,11H,3-5,10H2,1-2H3;1H/t6-,7-,9?;/m0./s1. The van der Waals surface area contributed by atoms with Crippen LogP contribution in [0.5, 0.6) is 0 Å². The SMILES string of the molecule is CC[C@H](C)[C@H](N)C(=O)C1NCCS1.Cl. The molecule has 0 radical (unpaired) electrons. The number of hydrogen-bond donors (Lipinski definition) is 2. The third-order valence-corrected chi connectivity index (χ3v) is 3.73. The highest BCUT2D eigenvalue weighted by Crippen LogP contribution is 2.18. The topological polar surface area (TPSA) is 55.1 Å². The third-order valence-electron chi connectivity index (χ3n) is 2.56. The van der Waals surface area contributed by atoms with Crippen LogP contribution in [0.15, 0.2) is 0 Å². The lowest BCUT2D eigenvalue weighted by Gasteiger charge is -2.19. The van der Waals surface area contributed by atoms with Crippen molar-refractivity contribution < 1.29 is 4.79 Å². The van der Waals surface area contributed by atoms with Gasteiger partial charge in [0.1, 0.15) is 5.37 Å². The minimum atomic E-state index is -0.298. The zero-order chi connectivity index (χ0) is 9.84. The van der Waals surface area contributed by atoms with E-state index in [4.69, 9.17) is 5.73 Å². The second-order valence-electron chi connectivity index (χ2n) is 3.52. The van der Waals surface area contributed by atoms with Crippen molar-refractivity contribution in [2.75, 3.05) is 12.3 Å². The molecule has 0 amide bonds. The maximum atomic E-state index is 11.7. The number of carbonyl (C=O) groups excluding carboxylic acids is 1. The van der Waals surface area contributed by atoms with Crippen LogP contribution < -0.4 is 11.1 Å². The highest BCUT2D eigenvalue weighted by Gasteiger charge is 2.29. The van der Waals surface area contributed by atoms with Gasteiger partial charge in [-0.3, -0.25) is 10.1 Å². The Kier molecular flexibility index (Phi) is 6.78. The van der Waals surface area contributed by atoms with Crippen molar-refractivity contribution in [2.24, 2.45) is 11.7 Å². The minimum absolute atomic E-state index is 0. The number of ketones is 1. The number of nitrogens with one attached hydrogen (secondary N) is 1. The van der Waals surface area contributed by atoms with Crippen molar-refractivity contribution in [3.05, 3.63) is 0 Å². The van der Waals surface area contributed by atoms with E-state index in [0.717, 1.165) is 18.7 Å². The van der Waals surface area contributed by atoms with Crippen molar-refractivity contribution in [2.45, 2.75) is 31.7 Å². The Morgan fingerprint density at radius 1 is 1.71 bits per heavy atom. The summed E-state index contributed by atoms with van der Waals surface area (Å²) in [5.74, 6) is 1.47. The molecule has 0 aromatic rings. The number of thioether (sulfide) groups is 1. The highest BCUT2D eigenvalue weighted by atomic mass is 35.5. The lowest BCUT2D eigenvalue weighted by atomic mass is 9.96. The molecule has 1 fully saturated rings. The Morgan fingerprint density at radius 3 is 2.79 bits per heavy atom. The fraction of sp³-hybridized carbons (Fsp3) is 0.889. The molecular formula is C9H19ClN2OS. The van der Waals surface area contributed by atoms with E-state index in [1.807, 2.05) is 6.92 Å². The number of Topliss-reactive ketones (excluding diaryl/α,β-unsaturated/α-hetero) is 1. The van der Waals surface area contributed by atoms with Crippen molar-refractivity contribution in [1.29, 1.82) is 0 Å². The molecule has 1 rings (SSSR count). The molecule has 3 nitrogen and oxygen atoms in total. The van der Waals surface area contributed by atoms with Gasteiger partial charge in [0.2, 0.25) is 0 Å². The van der Waals surface area contributed by atoms with Gasteiger partial charge in [0, 0.05) is 12.3 Å². The van der Waals surface area contributed by atoms with E-state index in [9.17, 15) is 4.79 Å². The summed E-state index contributed by atoms with van der Waals surface area (Å²) < 4.78 is 0. The van der Waals surface area contributed by atoms with Crippen molar-refractivity contribution in [3.8, 4) is 0 Å². The second kappa shape index (κ2) is 6.67. The average Bonchev–Trinajstić information content (AvgIpc) is 2.67. The Morgan fingerprint density at radius 2 is 2.36 bits per heavy atom. The zero-order valence-corrected chi connectivity index (χ0v) is 10.3. The van der Waals surface area contributed by atoms with Crippen molar-refractivity contribution in [3.63, 3.8) is 0 Å². The van der Waals surface area contributed by atoms with Crippen molar-refractivity contribution in [1.82, 2.24) is 5.32 Å². The van der Waals surface area contributed by atoms with E-state index in [2.05, 4.69) is 12.2 Å². The Labute approximate surface area is 96.0 Å². The molecule has 1 unspecified atom stereocenters. The van der Waals surface area contributed by atoms with Gasteiger partial charge in [0.15, 0.2) is 5.78 Å². The van der Waals surface area contributed by atoms with Crippen LogP contribution in [0, 0.1) is 5.92 Å². The van der Waals surface area contributed by atoms with Gasteiger partial charge in [-0.25, -0.2) is 0 Å². The van der Waals surface area contributed by atoms with E-state index in [-0.39, 0.29) is 35.5 Å². The molecule has 0 spiro atoms. The van der Waals surface area contributed by atoms with E-state index < -0.39 is 0 Å². The molecule has 0 saturated carbocycles. The van der Waals surface area contributed by atoms with Gasteiger partial charge in [-0.2, -0.15) is 0 Å². The molecule has 1 aliphatic rings.